The molecule has 1 saturated carbocycles. The Morgan fingerprint density at radius 1 is 1.07 bits per heavy atom. The minimum atomic E-state index is 0.219. The van der Waals surface area contributed by atoms with Gasteiger partial charge in [-0.15, -0.1) is 0 Å². The Labute approximate surface area is 165 Å². The van der Waals surface area contributed by atoms with Gasteiger partial charge in [0, 0.05) is 30.1 Å². The molecule has 2 aliphatic heterocycles. The lowest BCUT2D eigenvalue weighted by molar-refractivity contribution is -0.124. The van der Waals surface area contributed by atoms with E-state index >= 15 is 0 Å². The average Bonchev–Trinajstić information content (AvgIpc) is 2.93. The van der Waals surface area contributed by atoms with Gasteiger partial charge in [0.2, 0.25) is 5.91 Å². The molecule has 0 unspecified atom stereocenters. The van der Waals surface area contributed by atoms with Crippen molar-refractivity contribution >= 4 is 11.6 Å². The van der Waals surface area contributed by atoms with Gasteiger partial charge in [0.15, 0.2) is 0 Å². The van der Waals surface area contributed by atoms with E-state index in [0.29, 0.717) is 23.3 Å². The molecule has 4 rings (SSSR count). The maximum atomic E-state index is 13.7. The maximum absolute atomic E-state index is 13.7. The molecule has 0 N–H and O–H groups in total. The van der Waals surface area contributed by atoms with Gasteiger partial charge in [-0.05, 0) is 75.6 Å². The standard InChI is InChI=1S/C24H36N2O/c1-16-6-11-21-19(14-16)20-15-25(5)13-12-22(20)26(21)23(27)17-7-9-18(10-8-17)24(2,3)4/h6,11,14,17-18,20,22H,7-10,12-13,15H2,1-5H3/t17?,18?,20-,22-/m0/s1. The van der Waals surface area contributed by atoms with Crippen LogP contribution in [0.1, 0.15) is 69.9 Å². The monoisotopic (exact) mass is 368 g/mol. The number of carbonyl (C=O) groups is 1. The summed E-state index contributed by atoms with van der Waals surface area (Å²) in [5.41, 5.74) is 4.28. The van der Waals surface area contributed by atoms with Crippen molar-refractivity contribution in [3.63, 3.8) is 0 Å². The molecule has 1 aliphatic carbocycles. The van der Waals surface area contributed by atoms with E-state index in [2.05, 4.69) is 62.7 Å². The van der Waals surface area contributed by atoms with Crippen LogP contribution in [-0.2, 0) is 4.79 Å². The minimum absolute atomic E-state index is 0.219. The second-order valence-electron chi connectivity index (χ2n) is 10.4. The zero-order valence-electron chi connectivity index (χ0n) is 17.8. The van der Waals surface area contributed by atoms with E-state index in [1.807, 2.05) is 0 Å². The number of aryl methyl sites for hydroxylation is 1. The van der Waals surface area contributed by atoms with Crippen molar-refractivity contribution in [3.8, 4) is 0 Å². The molecule has 2 heterocycles. The average molecular weight is 369 g/mol. The first-order chi connectivity index (χ1) is 12.8. The van der Waals surface area contributed by atoms with Crippen molar-refractivity contribution < 1.29 is 4.79 Å². The fraction of sp³-hybridized carbons (Fsp3) is 0.708. The molecule has 2 fully saturated rings. The minimum Gasteiger partial charge on any atom is -0.308 e. The van der Waals surface area contributed by atoms with Crippen LogP contribution >= 0.6 is 0 Å². The lowest BCUT2D eigenvalue weighted by Gasteiger charge is -2.40. The largest absolute Gasteiger partial charge is 0.308 e. The Morgan fingerprint density at radius 2 is 1.78 bits per heavy atom. The highest BCUT2D eigenvalue weighted by molar-refractivity contribution is 5.98. The maximum Gasteiger partial charge on any atom is 0.230 e. The number of anilines is 1. The zero-order valence-corrected chi connectivity index (χ0v) is 17.8. The molecule has 1 amide bonds. The van der Waals surface area contributed by atoms with Gasteiger partial charge in [-0.2, -0.15) is 0 Å². The predicted octanol–water partition coefficient (Wildman–Crippen LogP) is 4.98. The number of hydrogen-bond donors (Lipinski definition) is 0. The summed E-state index contributed by atoms with van der Waals surface area (Å²) < 4.78 is 0. The first-order valence-electron chi connectivity index (χ1n) is 10.9. The van der Waals surface area contributed by atoms with E-state index in [9.17, 15) is 4.79 Å². The Kier molecular flexibility index (Phi) is 4.86. The Balaban J connectivity index is 1.57. The molecule has 0 aromatic heterocycles. The van der Waals surface area contributed by atoms with Crippen LogP contribution in [0.4, 0.5) is 5.69 Å². The van der Waals surface area contributed by atoms with Crippen LogP contribution in [0.3, 0.4) is 0 Å². The topological polar surface area (TPSA) is 23.6 Å². The number of fused-ring (bicyclic) bond motifs is 3. The third-order valence-electron chi connectivity index (χ3n) is 7.49. The van der Waals surface area contributed by atoms with Crippen LogP contribution in [0.25, 0.3) is 0 Å². The number of nitrogens with zero attached hydrogens (tertiary/aromatic N) is 2. The molecular weight excluding hydrogens is 332 g/mol. The van der Waals surface area contributed by atoms with Crippen LogP contribution in [0.5, 0.6) is 0 Å². The summed E-state index contributed by atoms with van der Waals surface area (Å²) in [6, 6.07) is 7.08. The quantitative estimate of drug-likeness (QED) is 0.698. The van der Waals surface area contributed by atoms with Gasteiger partial charge in [-0.1, -0.05) is 38.5 Å². The highest BCUT2D eigenvalue weighted by atomic mass is 16.2. The zero-order chi connectivity index (χ0) is 19.3. The highest BCUT2D eigenvalue weighted by Gasteiger charge is 2.46. The van der Waals surface area contributed by atoms with Crippen LogP contribution in [0, 0.1) is 24.2 Å². The lowest BCUT2D eigenvalue weighted by Crippen LogP contribution is -2.49. The first-order valence-corrected chi connectivity index (χ1v) is 10.9. The molecule has 148 valence electrons. The predicted molar refractivity (Wildman–Crippen MR) is 112 cm³/mol. The van der Waals surface area contributed by atoms with E-state index in [1.54, 1.807) is 0 Å². The lowest BCUT2D eigenvalue weighted by atomic mass is 9.69. The Hall–Kier alpha value is -1.35. The summed E-state index contributed by atoms with van der Waals surface area (Å²) in [5.74, 6) is 1.86. The number of carbonyl (C=O) groups excluding carboxylic acids is 1. The Bertz CT molecular complexity index is 712. The van der Waals surface area contributed by atoms with Gasteiger partial charge in [0.1, 0.15) is 0 Å². The fourth-order valence-corrected chi connectivity index (χ4v) is 5.77. The summed E-state index contributed by atoms with van der Waals surface area (Å²) >= 11 is 0. The molecule has 3 aliphatic rings. The number of likely N-dealkylation sites (N-methyl/N-ethyl adjacent to an activating group) is 1. The third-order valence-corrected chi connectivity index (χ3v) is 7.49. The van der Waals surface area contributed by atoms with E-state index in [1.165, 1.54) is 29.7 Å². The van der Waals surface area contributed by atoms with Gasteiger partial charge in [0.25, 0.3) is 0 Å². The molecule has 2 atom stereocenters. The number of hydrogen-bond acceptors (Lipinski definition) is 2. The van der Waals surface area contributed by atoms with Crippen molar-refractivity contribution in [2.45, 2.75) is 71.8 Å². The number of piperidine rings is 1. The second-order valence-corrected chi connectivity index (χ2v) is 10.4. The summed E-state index contributed by atoms with van der Waals surface area (Å²) in [6.45, 7) is 11.4. The van der Waals surface area contributed by atoms with Crippen molar-refractivity contribution in [1.82, 2.24) is 4.90 Å². The van der Waals surface area contributed by atoms with Gasteiger partial charge in [-0.3, -0.25) is 4.79 Å². The van der Waals surface area contributed by atoms with Crippen LogP contribution in [0.15, 0.2) is 18.2 Å². The summed E-state index contributed by atoms with van der Waals surface area (Å²) in [4.78, 5) is 18.3. The van der Waals surface area contributed by atoms with Gasteiger partial charge in [0.05, 0.1) is 0 Å². The molecule has 3 nitrogen and oxygen atoms in total. The van der Waals surface area contributed by atoms with E-state index in [0.717, 1.165) is 38.3 Å². The number of likely N-dealkylation sites (tertiary alicyclic amines) is 1. The number of rotatable bonds is 1. The molecule has 0 bridgehead atoms. The molecule has 1 aromatic carbocycles. The first kappa shape index (κ1) is 19.0. The Morgan fingerprint density at radius 3 is 2.44 bits per heavy atom. The summed E-state index contributed by atoms with van der Waals surface area (Å²) in [6.07, 6.45) is 5.63. The molecule has 0 spiro atoms. The van der Waals surface area contributed by atoms with E-state index in [4.69, 9.17) is 0 Å². The molecule has 3 heteroatoms. The van der Waals surface area contributed by atoms with Gasteiger partial charge < -0.3 is 9.80 Å². The van der Waals surface area contributed by atoms with Crippen molar-refractivity contribution in [2.75, 3.05) is 25.0 Å². The summed E-state index contributed by atoms with van der Waals surface area (Å²) in [7, 11) is 2.21. The molecule has 27 heavy (non-hydrogen) atoms. The van der Waals surface area contributed by atoms with E-state index in [-0.39, 0.29) is 5.92 Å². The van der Waals surface area contributed by atoms with Crippen LogP contribution in [-0.4, -0.2) is 37.0 Å². The second kappa shape index (κ2) is 6.92. The van der Waals surface area contributed by atoms with Crippen LogP contribution < -0.4 is 4.90 Å². The van der Waals surface area contributed by atoms with Crippen molar-refractivity contribution in [1.29, 1.82) is 0 Å². The van der Waals surface area contributed by atoms with Gasteiger partial charge in [-0.25, -0.2) is 0 Å². The molecular formula is C24H36N2O. The number of benzene rings is 1. The smallest absolute Gasteiger partial charge is 0.230 e. The SMILES string of the molecule is Cc1ccc2c(c1)[C@@H]1CN(C)CC[C@@H]1N2C(=O)C1CCC(C(C)(C)C)CC1. The van der Waals surface area contributed by atoms with Crippen molar-refractivity contribution in [2.24, 2.45) is 17.3 Å². The molecule has 1 saturated heterocycles. The highest BCUT2D eigenvalue weighted by Crippen LogP contribution is 2.47. The van der Waals surface area contributed by atoms with Crippen LogP contribution in [0.2, 0.25) is 0 Å². The van der Waals surface area contributed by atoms with E-state index < -0.39 is 0 Å². The fourth-order valence-electron chi connectivity index (χ4n) is 5.77. The third kappa shape index (κ3) is 3.44. The summed E-state index contributed by atoms with van der Waals surface area (Å²) in [5, 5.41) is 0. The molecule has 1 aromatic rings. The normalized spacial score (nSPS) is 31.5. The number of amides is 1. The van der Waals surface area contributed by atoms with Gasteiger partial charge >= 0.3 is 0 Å². The van der Waals surface area contributed by atoms with Crippen molar-refractivity contribution in [3.05, 3.63) is 29.3 Å². The molecule has 0 radical (unpaired) electrons.